The highest BCUT2D eigenvalue weighted by Gasteiger charge is 2.25. The van der Waals surface area contributed by atoms with Gasteiger partial charge in [0.2, 0.25) is 0 Å². The Labute approximate surface area is 79.5 Å². The lowest BCUT2D eigenvalue weighted by Gasteiger charge is -2.08. The van der Waals surface area contributed by atoms with Crippen molar-refractivity contribution in [3.05, 3.63) is 35.4 Å². The molecule has 0 bridgehead atoms. The van der Waals surface area contributed by atoms with Crippen LogP contribution in [0, 0.1) is 11.6 Å². The lowest BCUT2D eigenvalue weighted by atomic mass is 10.1. The van der Waals surface area contributed by atoms with Gasteiger partial charge in [-0.2, -0.15) is 0 Å². The lowest BCUT2D eigenvalue weighted by molar-refractivity contribution is -0.141. The van der Waals surface area contributed by atoms with Gasteiger partial charge >= 0.3 is 5.97 Å². The molecule has 1 atom stereocenters. The number of hydrogen-bond acceptors (Lipinski definition) is 2. The molecule has 0 saturated carbocycles. The Hall–Kier alpha value is -1.45. The number of benzene rings is 1. The molecule has 1 aliphatic heterocycles. The van der Waals surface area contributed by atoms with Gasteiger partial charge in [0.25, 0.3) is 0 Å². The van der Waals surface area contributed by atoms with E-state index in [0.29, 0.717) is 18.4 Å². The van der Waals surface area contributed by atoms with E-state index >= 15 is 0 Å². The lowest BCUT2D eigenvalue weighted by Crippen LogP contribution is -1.99. The zero-order valence-corrected chi connectivity index (χ0v) is 7.30. The fourth-order valence-corrected chi connectivity index (χ4v) is 1.47. The van der Waals surface area contributed by atoms with E-state index in [1.54, 1.807) is 0 Å². The molecule has 2 nitrogen and oxygen atoms in total. The molecule has 0 N–H and O–H groups in total. The quantitative estimate of drug-likeness (QED) is 0.647. The molecule has 0 unspecified atom stereocenters. The first-order valence-corrected chi connectivity index (χ1v) is 4.31. The Morgan fingerprint density at radius 2 is 2.07 bits per heavy atom. The molecule has 14 heavy (non-hydrogen) atoms. The molecule has 1 heterocycles. The van der Waals surface area contributed by atoms with Gasteiger partial charge < -0.3 is 4.74 Å². The van der Waals surface area contributed by atoms with E-state index in [4.69, 9.17) is 4.74 Å². The highest BCUT2D eigenvalue weighted by atomic mass is 19.2. The Balaban J connectivity index is 2.24. The van der Waals surface area contributed by atoms with Crippen molar-refractivity contribution in [2.75, 3.05) is 0 Å². The second-order valence-corrected chi connectivity index (χ2v) is 3.19. The molecule has 0 radical (unpaired) electrons. The van der Waals surface area contributed by atoms with Gasteiger partial charge in [0.1, 0.15) is 6.10 Å². The topological polar surface area (TPSA) is 26.3 Å². The highest BCUT2D eigenvalue weighted by Crippen LogP contribution is 2.29. The van der Waals surface area contributed by atoms with Crippen LogP contribution in [0.25, 0.3) is 0 Å². The Kier molecular flexibility index (Phi) is 2.19. The molecular weight excluding hydrogens is 190 g/mol. The van der Waals surface area contributed by atoms with Gasteiger partial charge in [-0.15, -0.1) is 0 Å². The van der Waals surface area contributed by atoms with Gasteiger partial charge in [0.05, 0.1) is 0 Å². The van der Waals surface area contributed by atoms with Crippen LogP contribution < -0.4 is 0 Å². The number of cyclic esters (lactones) is 1. The van der Waals surface area contributed by atoms with Crippen molar-refractivity contribution in [1.82, 2.24) is 0 Å². The van der Waals surface area contributed by atoms with E-state index in [2.05, 4.69) is 0 Å². The number of halogens is 2. The third kappa shape index (κ3) is 1.60. The second kappa shape index (κ2) is 3.36. The number of carbonyl (C=O) groups excluding carboxylic acids is 1. The molecule has 1 fully saturated rings. The van der Waals surface area contributed by atoms with Crippen molar-refractivity contribution < 1.29 is 18.3 Å². The number of ether oxygens (including phenoxy) is 1. The number of carbonyl (C=O) groups is 1. The normalized spacial score (nSPS) is 21.0. The van der Waals surface area contributed by atoms with E-state index in [1.807, 2.05) is 0 Å². The van der Waals surface area contributed by atoms with Crippen LogP contribution in [0.3, 0.4) is 0 Å². The number of esters is 1. The molecule has 2 rings (SSSR count). The van der Waals surface area contributed by atoms with Crippen molar-refractivity contribution in [3.8, 4) is 0 Å². The van der Waals surface area contributed by atoms with E-state index < -0.39 is 17.7 Å². The summed E-state index contributed by atoms with van der Waals surface area (Å²) in [5, 5.41) is 0. The summed E-state index contributed by atoms with van der Waals surface area (Å²) >= 11 is 0. The highest BCUT2D eigenvalue weighted by molar-refractivity contribution is 5.71. The molecular formula is C10H8F2O2. The first kappa shape index (κ1) is 9.12. The van der Waals surface area contributed by atoms with Crippen molar-refractivity contribution in [1.29, 1.82) is 0 Å². The van der Waals surface area contributed by atoms with Crippen molar-refractivity contribution in [2.24, 2.45) is 0 Å². The average molecular weight is 198 g/mol. The number of rotatable bonds is 1. The Morgan fingerprint density at radius 1 is 1.29 bits per heavy atom. The van der Waals surface area contributed by atoms with Crippen LogP contribution in [0.2, 0.25) is 0 Å². The first-order valence-electron chi connectivity index (χ1n) is 4.31. The zero-order valence-electron chi connectivity index (χ0n) is 7.30. The van der Waals surface area contributed by atoms with Crippen molar-refractivity contribution in [2.45, 2.75) is 18.9 Å². The minimum Gasteiger partial charge on any atom is -0.457 e. The SMILES string of the molecule is O=C1CC[C@H](c2ccc(F)c(F)c2)O1. The van der Waals surface area contributed by atoms with Gasteiger partial charge in [-0.05, 0) is 24.1 Å². The maximum Gasteiger partial charge on any atom is 0.306 e. The summed E-state index contributed by atoms with van der Waals surface area (Å²) in [6.45, 7) is 0. The third-order valence-electron chi connectivity index (χ3n) is 2.20. The van der Waals surface area contributed by atoms with Gasteiger partial charge in [-0.25, -0.2) is 8.78 Å². The summed E-state index contributed by atoms with van der Waals surface area (Å²) in [5.41, 5.74) is 0.509. The van der Waals surface area contributed by atoms with E-state index in [-0.39, 0.29) is 5.97 Å². The van der Waals surface area contributed by atoms with Crippen LogP contribution in [0.15, 0.2) is 18.2 Å². The minimum absolute atomic E-state index is 0.292. The van der Waals surface area contributed by atoms with Crippen LogP contribution >= 0.6 is 0 Å². The van der Waals surface area contributed by atoms with Crippen LogP contribution in [-0.4, -0.2) is 5.97 Å². The van der Waals surface area contributed by atoms with Gasteiger partial charge in [0.15, 0.2) is 11.6 Å². The summed E-state index contributed by atoms with van der Waals surface area (Å²) in [6, 6.07) is 3.54. The first-order chi connectivity index (χ1) is 6.66. The predicted octanol–water partition coefficient (Wildman–Crippen LogP) is 2.34. The molecule has 0 spiro atoms. The Bertz CT molecular complexity index is 376. The van der Waals surface area contributed by atoms with E-state index in [1.165, 1.54) is 6.07 Å². The molecule has 0 aliphatic carbocycles. The predicted molar refractivity (Wildman–Crippen MR) is 44.4 cm³/mol. The molecule has 1 aromatic rings. The Morgan fingerprint density at radius 3 is 2.64 bits per heavy atom. The average Bonchev–Trinajstić information content (AvgIpc) is 2.57. The standard InChI is InChI=1S/C10H8F2O2/c11-7-2-1-6(5-8(7)12)9-3-4-10(13)14-9/h1-2,5,9H,3-4H2/t9-/m1/s1. The zero-order chi connectivity index (χ0) is 10.1. The fraction of sp³-hybridized carbons (Fsp3) is 0.300. The molecule has 1 saturated heterocycles. The van der Waals surface area contributed by atoms with Gasteiger partial charge in [-0.3, -0.25) is 4.79 Å². The monoisotopic (exact) mass is 198 g/mol. The largest absolute Gasteiger partial charge is 0.457 e. The maximum absolute atomic E-state index is 12.8. The third-order valence-corrected chi connectivity index (χ3v) is 2.20. The molecule has 74 valence electrons. The summed E-state index contributed by atoms with van der Waals surface area (Å²) in [6.07, 6.45) is 0.450. The van der Waals surface area contributed by atoms with Gasteiger partial charge in [0, 0.05) is 6.42 Å². The summed E-state index contributed by atoms with van der Waals surface area (Å²) in [4.78, 5) is 10.8. The summed E-state index contributed by atoms with van der Waals surface area (Å²) in [5.74, 6) is -2.09. The van der Waals surface area contributed by atoms with Crippen molar-refractivity contribution >= 4 is 5.97 Å². The summed E-state index contributed by atoms with van der Waals surface area (Å²) < 4.78 is 30.3. The molecule has 0 aromatic heterocycles. The van der Waals surface area contributed by atoms with Crippen LogP contribution in [0.1, 0.15) is 24.5 Å². The summed E-state index contributed by atoms with van der Waals surface area (Å²) in [7, 11) is 0. The van der Waals surface area contributed by atoms with Crippen molar-refractivity contribution in [3.63, 3.8) is 0 Å². The van der Waals surface area contributed by atoms with E-state index in [9.17, 15) is 13.6 Å². The van der Waals surface area contributed by atoms with E-state index in [0.717, 1.165) is 12.1 Å². The molecule has 4 heteroatoms. The van der Waals surface area contributed by atoms with Crippen LogP contribution in [0.4, 0.5) is 8.78 Å². The number of hydrogen-bond donors (Lipinski definition) is 0. The second-order valence-electron chi connectivity index (χ2n) is 3.19. The van der Waals surface area contributed by atoms with Gasteiger partial charge in [-0.1, -0.05) is 6.07 Å². The maximum atomic E-state index is 12.8. The molecule has 1 aromatic carbocycles. The molecule has 1 aliphatic rings. The smallest absolute Gasteiger partial charge is 0.306 e. The minimum atomic E-state index is -0.912. The van der Waals surface area contributed by atoms with Crippen LogP contribution in [-0.2, 0) is 9.53 Å². The fourth-order valence-electron chi connectivity index (χ4n) is 1.47. The molecule has 0 amide bonds. The van der Waals surface area contributed by atoms with Crippen LogP contribution in [0.5, 0.6) is 0 Å².